The first-order valence-electron chi connectivity index (χ1n) is 8.89. The molecule has 2 atom stereocenters. The van der Waals surface area contributed by atoms with Crippen LogP contribution >= 0.6 is 0 Å². The number of likely N-dealkylation sites (tertiary alicyclic amines) is 1. The van der Waals surface area contributed by atoms with Crippen molar-refractivity contribution in [2.45, 2.75) is 52.1 Å². The summed E-state index contributed by atoms with van der Waals surface area (Å²) in [5.41, 5.74) is 0.932. The molecular formula is C20H23NO5. The Morgan fingerprint density at radius 3 is 2.58 bits per heavy atom. The topological polar surface area (TPSA) is 76.8 Å². The van der Waals surface area contributed by atoms with E-state index in [4.69, 9.17) is 9.15 Å². The predicted molar refractivity (Wildman–Crippen MR) is 97.1 cm³/mol. The number of nitrogens with zero attached hydrogens (tertiary/aromatic N) is 1. The fourth-order valence-electron chi connectivity index (χ4n) is 3.56. The van der Waals surface area contributed by atoms with E-state index in [1.807, 2.05) is 20.8 Å². The van der Waals surface area contributed by atoms with Gasteiger partial charge in [-0.25, -0.2) is 4.79 Å². The van der Waals surface area contributed by atoms with Gasteiger partial charge in [-0.05, 0) is 52.2 Å². The number of carbonyl (C=O) groups excluding carboxylic acids is 2. The van der Waals surface area contributed by atoms with E-state index in [-0.39, 0.29) is 35.8 Å². The highest BCUT2D eigenvalue weighted by molar-refractivity contribution is 5.90. The molecule has 2 aromatic rings. The third-order valence-electron chi connectivity index (χ3n) is 4.89. The SMILES string of the molecule is Cc1ccc2oc(C(=O)OCC(=O)N3[C@@H](C)CCC[C@@H]3C)cc(=O)c2c1. The molecule has 6 nitrogen and oxygen atoms in total. The average molecular weight is 357 g/mol. The number of rotatable bonds is 3. The highest BCUT2D eigenvalue weighted by Crippen LogP contribution is 2.22. The Morgan fingerprint density at radius 2 is 1.88 bits per heavy atom. The largest absolute Gasteiger partial charge is 0.450 e. The van der Waals surface area contributed by atoms with Crippen LogP contribution in [0.1, 0.15) is 49.2 Å². The van der Waals surface area contributed by atoms with E-state index in [9.17, 15) is 14.4 Å². The summed E-state index contributed by atoms with van der Waals surface area (Å²) >= 11 is 0. The maximum absolute atomic E-state index is 12.4. The van der Waals surface area contributed by atoms with Gasteiger partial charge in [-0.15, -0.1) is 0 Å². The number of amides is 1. The molecule has 138 valence electrons. The van der Waals surface area contributed by atoms with E-state index in [0.29, 0.717) is 11.0 Å². The quantitative estimate of drug-likeness (QED) is 0.789. The first kappa shape index (κ1) is 18.2. The highest BCUT2D eigenvalue weighted by Gasteiger charge is 2.29. The standard InChI is InChI=1S/C20H23NO5/c1-12-7-8-17-15(9-12)16(22)10-18(26-17)20(24)25-11-19(23)21-13(2)5-4-6-14(21)3/h7-10,13-14H,4-6,11H2,1-3H3/t13-,14-/m0/s1. The molecule has 1 saturated heterocycles. The molecule has 0 saturated carbocycles. The summed E-state index contributed by atoms with van der Waals surface area (Å²) < 4.78 is 10.6. The van der Waals surface area contributed by atoms with Crippen molar-refractivity contribution in [3.63, 3.8) is 0 Å². The predicted octanol–water partition coefficient (Wildman–Crippen LogP) is 3.05. The maximum Gasteiger partial charge on any atom is 0.374 e. The number of aryl methyl sites for hydroxylation is 1. The molecule has 0 spiro atoms. The van der Waals surface area contributed by atoms with E-state index in [0.717, 1.165) is 30.9 Å². The Balaban J connectivity index is 1.72. The van der Waals surface area contributed by atoms with E-state index >= 15 is 0 Å². The summed E-state index contributed by atoms with van der Waals surface area (Å²) in [5, 5.41) is 0.411. The Labute approximate surface area is 151 Å². The molecule has 1 aromatic carbocycles. The second-order valence-corrected chi connectivity index (χ2v) is 6.98. The Bertz CT molecular complexity index is 891. The van der Waals surface area contributed by atoms with Crippen molar-refractivity contribution in [2.24, 2.45) is 0 Å². The van der Waals surface area contributed by atoms with Crippen molar-refractivity contribution >= 4 is 22.8 Å². The van der Waals surface area contributed by atoms with Crippen molar-refractivity contribution in [3.8, 4) is 0 Å². The van der Waals surface area contributed by atoms with Gasteiger partial charge in [0.25, 0.3) is 5.91 Å². The molecule has 3 rings (SSSR count). The molecule has 2 heterocycles. The van der Waals surface area contributed by atoms with Gasteiger partial charge in [0.15, 0.2) is 12.0 Å². The lowest BCUT2D eigenvalue weighted by Crippen LogP contribution is -2.49. The van der Waals surface area contributed by atoms with Gasteiger partial charge in [0.2, 0.25) is 5.76 Å². The highest BCUT2D eigenvalue weighted by atomic mass is 16.5. The number of esters is 1. The number of piperidine rings is 1. The van der Waals surface area contributed by atoms with Gasteiger partial charge in [0.1, 0.15) is 5.58 Å². The zero-order valence-corrected chi connectivity index (χ0v) is 15.3. The summed E-state index contributed by atoms with van der Waals surface area (Å²) in [5.74, 6) is -1.23. The Morgan fingerprint density at radius 1 is 1.19 bits per heavy atom. The first-order valence-corrected chi connectivity index (χ1v) is 8.89. The van der Waals surface area contributed by atoms with Crippen LogP contribution in [-0.4, -0.2) is 35.5 Å². The fourth-order valence-corrected chi connectivity index (χ4v) is 3.56. The molecule has 6 heteroatoms. The fraction of sp³-hybridized carbons (Fsp3) is 0.450. The lowest BCUT2D eigenvalue weighted by Gasteiger charge is -2.38. The van der Waals surface area contributed by atoms with E-state index in [1.54, 1.807) is 23.1 Å². The first-order chi connectivity index (χ1) is 12.4. The number of fused-ring (bicyclic) bond motifs is 1. The van der Waals surface area contributed by atoms with Crippen LogP contribution in [0, 0.1) is 6.92 Å². The molecule has 0 N–H and O–H groups in total. The van der Waals surface area contributed by atoms with Gasteiger partial charge in [0.05, 0.1) is 5.39 Å². The number of benzene rings is 1. The van der Waals surface area contributed by atoms with Crippen LogP contribution in [0.2, 0.25) is 0 Å². The molecule has 0 aliphatic carbocycles. The molecule has 1 fully saturated rings. The maximum atomic E-state index is 12.4. The molecule has 1 aromatic heterocycles. The van der Waals surface area contributed by atoms with Crippen LogP contribution < -0.4 is 5.43 Å². The Kier molecular flexibility index (Phi) is 5.11. The lowest BCUT2D eigenvalue weighted by molar-refractivity contribution is -0.140. The zero-order chi connectivity index (χ0) is 18.8. The van der Waals surface area contributed by atoms with Gasteiger partial charge < -0.3 is 14.1 Å². The smallest absolute Gasteiger partial charge is 0.374 e. The third kappa shape index (κ3) is 3.64. The molecule has 0 unspecified atom stereocenters. The average Bonchev–Trinajstić information content (AvgIpc) is 2.60. The molecule has 0 radical (unpaired) electrons. The summed E-state index contributed by atoms with van der Waals surface area (Å²) in [6.45, 7) is 5.51. The van der Waals surface area contributed by atoms with Crippen LogP contribution in [-0.2, 0) is 9.53 Å². The molecule has 26 heavy (non-hydrogen) atoms. The number of hydrogen-bond donors (Lipinski definition) is 0. The summed E-state index contributed by atoms with van der Waals surface area (Å²) in [6, 6.07) is 6.52. The molecule has 1 aliphatic heterocycles. The van der Waals surface area contributed by atoms with Gasteiger partial charge in [-0.1, -0.05) is 11.6 Å². The molecule has 1 aliphatic rings. The van der Waals surface area contributed by atoms with E-state index in [1.165, 1.54) is 0 Å². The monoisotopic (exact) mass is 357 g/mol. The number of carbonyl (C=O) groups is 2. The molecule has 1 amide bonds. The summed E-state index contributed by atoms with van der Waals surface area (Å²) in [4.78, 5) is 38.6. The van der Waals surface area contributed by atoms with Gasteiger partial charge in [0, 0.05) is 18.2 Å². The zero-order valence-electron chi connectivity index (χ0n) is 15.3. The third-order valence-corrected chi connectivity index (χ3v) is 4.89. The lowest BCUT2D eigenvalue weighted by atomic mass is 9.97. The second-order valence-electron chi connectivity index (χ2n) is 6.98. The minimum atomic E-state index is -0.810. The van der Waals surface area contributed by atoms with Crippen molar-refractivity contribution in [2.75, 3.05) is 6.61 Å². The van der Waals surface area contributed by atoms with Crippen LogP contribution in [0.3, 0.4) is 0 Å². The minimum Gasteiger partial charge on any atom is -0.450 e. The molecular weight excluding hydrogens is 334 g/mol. The summed E-state index contributed by atoms with van der Waals surface area (Å²) in [6.07, 6.45) is 2.99. The van der Waals surface area contributed by atoms with Crippen molar-refractivity contribution in [1.29, 1.82) is 0 Å². The van der Waals surface area contributed by atoms with Crippen LogP contribution in [0.15, 0.2) is 33.5 Å². The van der Waals surface area contributed by atoms with Crippen LogP contribution in [0.5, 0.6) is 0 Å². The Hall–Kier alpha value is -2.63. The summed E-state index contributed by atoms with van der Waals surface area (Å²) in [7, 11) is 0. The van der Waals surface area contributed by atoms with Crippen molar-refractivity contribution < 1.29 is 18.7 Å². The van der Waals surface area contributed by atoms with E-state index < -0.39 is 5.97 Å². The van der Waals surface area contributed by atoms with Gasteiger partial charge in [-0.3, -0.25) is 9.59 Å². The van der Waals surface area contributed by atoms with Gasteiger partial charge in [-0.2, -0.15) is 0 Å². The van der Waals surface area contributed by atoms with Gasteiger partial charge >= 0.3 is 5.97 Å². The normalized spacial score (nSPS) is 20.2. The number of hydrogen-bond acceptors (Lipinski definition) is 5. The van der Waals surface area contributed by atoms with Crippen molar-refractivity contribution in [1.82, 2.24) is 4.90 Å². The molecule has 0 bridgehead atoms. The minimum absolute atomic E-state index is 0.131. The second kappa shape index (κ2) is 7.32. The van der Waals surface area contributed by atoms with Crippen molar-refractivity contribution in [3.05, 3.63) is 45.8 Å². The van der Waals surface area contributed by atoms with Crippen LogP contribution in [0.25, 0.3) is 11.0 Å². The van der Waals surface area contributed by atoms with Crippen LogP contribution in [0.4, 0.5) is 0 Å². The number of ether oxygens (including phenoxy) is 1. The van der Waals surface area contributed by atoms with E-state index in [2.05, 4.69) is 0 Å².